The second-order valence-electron chi connectivity index (χ2n) is 5.94. The molecular formula is C17H23N3S. The van der Waals surface area contributed by atoms with Crippen LogP contribution >= 0.6 is 11.8 Å². The van der Waals surface area contributed by atoms with E-state index in [0.29, 0.717) is 18.0 Å². The van der Waals surface area contributed by atoms with Gasteiger partial charge in [-0.25, -0.2) is 0 Å². The SMILES string of the molecule is CNC(Cc1ccn(C(C)C)n1)C1CSc2ccccc21. The summed E-state index contributed by atoms with van der Waals surface area (Å²) in [5.74, 6) is 1.73. The molecule has 0 aliphatic carbocycles. The third-order valence-corrected chi connectivity index (χ3v) is 5.42. The van der Waals surface area contributed by atoms with Crippen molar-refractivity contribution in [1.82, 2.24) is 15.1 Å². The van der Waals surface area contributed by atoms with Crippen molar-refractivity contribution < 1.29 is 0 Å². The summed E-state index contributed by atoms with van der Waals surface area (Å²) in [7, 11) is 2.07. The molecule has 1 N–H and O–H groups in total. The van der Waals surface area contributed by atoms with Gasteiger partial charge in [-0.15, -0.1) is 11.8 Å². The standard InChI is InChI=1S/C17H23N3S/c1-12(2)20-9-8-13(19-20)10-16(18-3)15-11-21-17-7-5-4-6-14(15)17/h4-9,12,15-16,18H,10-11H2,1-3H3. The van der Waals surface area contributed by atoms with Crippen LogP contribution in [-0.2, 0) is 6.42 Å². The molecule has 3 nitrogen and oxygen atoms in total. The molecule has 0 spiro atoms. The van der Waals surface area contributed by atoms with Gasteiger partial charge < -0.3 is 5.32 Å². The number of nitrogens with one attached hydrogen (secondary N) is 1. The van der Waals surface area contributed by atoms with Crippen LogP contribution in [0.2, 0.25) is 0 Å². The van der Waals surface area contributed by atoms with Gasteiger partial charge in [0, 0.05) is 41.3 Å². The van der Waals surface area contributed by atoms with Crippen LogP contribution in [0.4, 0.5) is 0 Å². The molecule has 2 heterocycles. The average Bonchev–Trinajstić information content (AvgIpc) is 3.11. The Morgan fingerprint density at radius 2 is 2.14 bits per heavy atom. The van der Waals surface area contributed by atoms with Gasteiger partial charge in [0.05, 0.1) is 5.69 Å². The third kappa shape index (κ3) is 3.01. The Kier molecular flexibility index (Phi) is 4.36. The fraction of sp³-hybridized carbons (Fsp3) is 0.471. The second-order valence-corrected chi connectivity index (χ2v) is 7.00. The van der Waals surface area contributed by atoms with Crippen molar-refractivity contribution in [3.63, 3.8) is 0 Å². The van der Waals surface area contributed by atoms with Crippen LogP contribution in [0.5, 0.6) is 0 Å². The van der Waals surface area contributed by atoms with Crippen molar-refractivity contribution in [3.8, 4) is 0 Å². The minimum Gasteiger partial charge on any atom is -0.316 e. The topological polar surface area (TPSA) is 29.9 Å². The van der Waals surface area contributed by atoms with Crippen molar-refractivity contribution in [2.24, 2.45) is 0 Å². The fourth-order valence-electron chi connectivity index (χ4n) is 2.97. The highest BCUT2D eigenvalue weighted by Crippen LogP contribution is 2.41. The van der Waals surface area contributed by atoms with E-state index in [-0.39, 0.29) is 0 Å². The summed E-state index contributed by atoms with van der Waals surface area (Å²) in [6.45, 7) is 4.33. The number of fused-ring (bicyclic) bond motifs is 1. The normalized spacial score (nSPS) is 19.0. The molecule has 0 bridgehead atoms. The number of nitrogens with zero attached hydrogens (tertiary/aromatic N) is 2. The lowest BCUT2D eigenvalue weighted by atomic mass is 9.90. The summed E-state index contributed by atoms with van der Waals surface area (Å²) in [6, 6.07) is 11.8. The lowest BCUT2D eigenvalue weighted by Crippen LogP contribution is -2.34. The highest BCUT2D eigenvalue weighted by Gasteiger charge is 2.29. The van der Waals surface area contributed by atoms with E-state index < -0.39 is 0 Å². The Morgan fingerprint density at radius 3 is 2.86 bits per heavy atom. The van der Waals surface area contributed by atoms with E-state index in [9.17, 15) is 0 Å². The first-order valence-corrected chi connectivity index (χ1v) is 8.60. The van der Waals surface area contributed by atoms with Gasteiger partial charge in [0.25, 0.3) is 0 Å². The first-order valence-electron chi connectivity index (χ1n) is 7.62. The summed E-state index contributed by atoms with van der Waals surface area (Å²) in [5.41, 5.74) is 2.67. The fourth-order valence-corrected chi connectivity index (χ4v) is 4.30. The highest BCUT2D eigenvalue weighted by atomic mass is 32.2. The molecule has 0 saturated heterocycles. The Hall–Kier alpha value is -1.26. The number of benzene rings is 1. The van der Waals surface area contributed by atoms with E-state index in [0.717, 1.165) is 12.2 Å². The van der Waals surface area contributed by atoms with Gasteiger partial charge in [-0.3, -0.25) is 4.68 Å². The van der Waals surface area contributed by atoms with Gasteiger partial charge in [-0.2, -0.15) is 5.10 Å². The minimum absolute atomic E-state index is 0.426. The van der Waals surface area contributed by atoms with E-state index in [2.05, 4.69) is 62.7 Å². The highest BCUT2D eigenvalue weighted by molar-refractivity contribution is 7.99. The van der Waals surface area contributed by atoms with E-state index in [1.807, 2.05) is 16.4 Å². The summed E-state index contributed by atoms with van der Waals surface area (Å²) >= 11 is 1.97. The summed E-state index contributed by atoms with van der Waals surface area (Å²) in [5, 5.41) is 8.20. The molecule has 1 aliphatic rings. The van der Waals surface area contributed by atoms with Crippen LogP contribution in [0.1, 0.15) is 37.1 Å². The average molecular weight is 301 g/mol. The van der Waals surface area contributed by atoms with E-state index in [1.165, 1.54) is 16.2 Å². The summed E-state index contributed by atoms with van der Waals surface area (Å²) in [6.07, 6.45) is 3.07. The van der Waals surface area contributed by atoms with Crippen LogP contribution in [0.15, 0.2) is 41.4 Å². The van der Waals surface area contributed by atoms with Gasteiger partial charge in [0.15, 0.2) is 0 Å². The van der Waals surface area contributed by atoms with Gasteiger partial charge in [-0.05, 0) is 38.6 Å². The largest absolute Gasteiger partial charge is 0.316 e. The van der Waals surface area contributed by atoms with Crippen LogP contribution in [0, 0.1) is 0 Å². The van der Waals surface area contributed by atoms with E-state index >= 15 is 0 Å². The maximum Gasteiger partial charge on any atom is 0.0640 e. The predicted octanol–water partition coefficient (Wildman–Crippen LogP) is 3.48. The zero-order valence-electron chi connectivity index (χ0n) is 12.9. The molecule has 0 saturated carbocycles. The number of hydrogen-bond donors (Lipinski definition) is 1. The Bertz CT molecular complexity index is 606. The molecule has 112 valence electrons. The first-order chi connectivity index (χ1) is 10.2. The molecule has 0 fully saturated rings. The van der Waals surface area contributed by atoms with Gasteiger partial charge >= 0.3 is 0 Å². The number of thioether (sulfide) groups is 1. The Morgan fingerprint density at radius 1 is 1.33 bits per heavy atom. The van der Waals surface area contributed by atoms with Crippen molar-refractivity contribution in [3.05, 3.63) is 47.8 Å². The van der Waals surface area contributed by atoms with Crippen LogP contribution < -0.4 is 5.32 Å². The van der Waals surface area contributed by atoms with Crippen molar-refractivity contribution in [1.29, 1.82) is 0 Å². The quantitative estimate of drug-likeness (QED) is 0.917. The smallest absolute Gasteiger partial charge is 0.0640 e. The maximum absolute atomic E-state index is 4.69. The number of aromatic nitrogens is 2. The van der Waals surface area contributed by atoms with Crippen molar-refractivity contribution in [2.45, 2.75) is 43.2 Å². The van der Waals surface area contributed by atoms with Gasteiger partial charge in [0.2, 0.25) is 0 Å². The van der Waals surface area contributed by atoms with Crippen LogP contribution in [-0.4, -0.2) is 28.6 Å². The molecular weight excluding hydrogens is 278 g/mol. The second kappa shape index (κ2) is 6.24. The van der Waals surface area contributed by atoms with Crippen LogP contribution in [0.25, 0.3) is 0 Å². The maximum atomic E-state index is 4.69. The molecule has 2 unspecified atom stereocenters. The van der Waals surface area contributed by atoms with E-state index in [1.54, 1.807) is 0 Å². The predicted molar refractivity (Wildman–Crippen MR) is 89.1 cm³/mol. The summed E-state index contributed by atoms with van der Waals surface area (Å²) in [4.78, 5) is 1.44. The van der Waals surface area contributed by atoms with Crippen molar-refractivity contribution >= 4 is 11.8 Å². The molecule has 0 amide bonds. The molecule has 3 rings (SSSR count). The van der Waals surface area contributed by atoms with E-state index in [4.69, 9.17) is 5.10 Å². The minimum atomic E-state index is 0.426. The Balaban J connectivity index is 1.77. The molecule has 21 heavy (non-hydrogen) atoms. The number of likely N-dealkylation sites (N-methyl/N-ethyl adjacent to an activating group) is 1. The van der Waals surface area contributed by atoms with Gasteiger partial charge in [0.1, 0.15) is 0 Å². The molecule has 4 heteroatoms. The monoisotopic (exact) mass is 301 g/mol. The molecule has 0 radical (unpaired) electrons. The molecule has 2 atom stereocenters. The zero-order valence-corrected chi connectivity index (χ0v) is 13.7. The molecule has 1 aromatic heterocycles. The molecule has 1 aliphatic heterocycles. The lowest BCUT2D eigenvalue weighted by molar-refractivity contribution is 0.473. The third-order valence-electron chi connectivity index (χ3n) is 4.22. The number of rotatable bonds is 5. The van der Waals surface area contributed by atoms with Gasteiger partial charge in [-0.1, -0.05) is 18.2 Å². The molecule has 2 aromatic rings. The zero-order chi connectivity index (χ0) is 14.8. The Labute approximate surface area is 131 Å². The molecule has 1 aromatic carbocycles. The van der Waals surface area contributed by atoms with Crippen LogP contribution in [0.3, 0.4) is 0 Å². The first kappa shape index (κ1) is 14.7. The summed E-state index contributed by atoms with van der Waals surface area (Å²) < 4.78 is 2.04. The lowest BCUT2D eigenvalue weighted by Gasteiger charge is -2.22. The van der Waals surface area contributed by atoms with Crippen molar-refractivity contribution in [2.75, 3.05) is 12.8 Å². The number of hydrogen-bond acceptors (Lipinski definition) is 3.